The van der Waals surface area contributed by atoms with E-state index in [-0.39, 0.29) is 12.8 Å². The molecule has 0 aromatic rings. The number of primary amides is 2. The molecule has 0 aromatic heterocycles. The summed E-state index contributed by atoms with van der Waals surface area (Å²) in [5.74, 6) is -5.90. The zero-order valence-corrected chi connectivity index (χ0v) is 17.1. The maximum absolute atomic E-state index is 12.6. The number of carbonyl (C=O) groups is 6. The number of hydrogen-bond acceptors (Lipinski definition) is 7. The van der Waals surface area contributed by atoms with Crippen LogP contribution < -0.4 is 33.2 Å². The Morgan fingerprint density at radius 2 is 1.33 bits per heavy atom. The monoisotopic (exact) mass is 430 g/mol. The van der Waals surface area contributed by atoms with Gasteiger partial charge in [-0.05, 0) is 19.3 Å². The van der Waals surface area contributed by atoms with Crippen molar-refractivity contribution >= 4 is 35.5 Å². The molecule has 5 amide bonds. The van der Waals surface area contributed by atoms with Gasteiger partial charge in [0.05, 0.1) is 12.5 Å². The molecule has 0 spiro atoms. The molecule has 10 N–H and O–H groups in total. The number of carboxylic acid groups (broad SMARTS) is 1. The average Bonchev–Trinajstić information content (AvgIpc) is 2.60. The van der Waals surface area contributed by atoms with Crippen molar-refractivity contribution in [3.05, 3.63) is 0 Å². The minimum atomic E-state index is -1.57. The van der Waals surface area contributed by atoms with E-state index in [1.54, 1.807) is 13.8 Å². The number of carboxylic acids is 1. The molecule has 4 unspecified atom stereocenters. The quantitative estimate of drug-likeness (QED) is 0.155. The molecule has 0 saturated heterocycles. The van der Waals surface area contributed by atoms with Crippen molar-refractivity contribution in [2.45, 2.75) is 64.2 Å². The van der Waals surface area contributed by atoms with Crippen molar-refractivity contribution in [3.8, 4) is 0 Å². The minimum absolute atomic E-state index is 0.133. The lowest BCUT2D eigenvalue weighted by Gasteiger charge is -2.26. The van der Waals surface area contributed by atoms with Crippen LogP contribution in [-0.2, 0) is 28.8 Å². The molecule has 0 aliphatic carbocycles. The van der Waals surface area contributed by atoms with Gasteiger partial charge in [0.2, 0.25) is 29.5 Å². The normalized spacial score (nSPS) is 14.7. The summed E-state index contributed by atoms with van der Waals surface area (Å²) in [7, 11) is 0. The first-order chi connectivity index (χ1) is 13.8. The number of aliphatic carboxylic acids is 1. The van der Waals surface area contributed by atoms with E-state index >= 15 is 0 Å². The van der Waals surface area contributed by atoms with E-state index in [0.717, 1.165) is 0 Å². The van der Waals surface area contributed by atoms with Gasteiger partial charge in [0.1, 0.15) is 18.1 Å². The topological polar surface area (TPSA) is 237 Å². The van der Waals surface area contributed by atoms with Gasteiger partial charge in [-0.2, -0.15) is 0 Å². The molecular formula is C17H30N6O7. The number of amides is 5. The van der Waals surface area contributed by atoms with E-state index in [0.29, 0.717) is 0 Å². The fraction of sp³-hybridized carbons (Fsp3) is 0.647. The Kier molecular flexibility index (Phi) is 11.0. The van der Waals surface area contributed by atoms with Crippen LogP contribution in [0.5, 0.6) is 0 Å². The molecule has 30 heavy (non-hydrogen) atoms. The van der Waals surface area contributed by atoms with Crippen LogP contribution >= 0.6 is 0 Å². The van der Waals surface area contributed by atoms with Crippen LogP contribution in [0.4, 0.5) is 0 Å². The maximum Gasteiger partial charge on any atom is 0.326 e. The summed E-state index contributed by atoms with van der Waals surface area (Å²) < 4.78 is 0. The predicted molar refractivity (Wildman–Crippen MR) is 104 cm³/mol. The van der Waals surface area contributed by atoms with Gasteiger partial charge in [0.25, 0.3) is 0 Å². The average molecular weight is 430 g/mol. The third kappa shape index (κ3) is 9.82. The summed E-state index contributed by atoms with van der Waals surface area (Å²) in [4.78, 5) is 70.3. The van der Waals surface area contributed by atoms with Crippen molar-refractivity contribution in [3.63, 3.8) is 0 Å². The Morgan fingerprint density at radius 1 is 0.800 bits per heavy atom. The summed E-state index contributed by atoms with van der Waals surface area (Å²) in [5.41, 5.74) is 15.5. The van der Waals surface area contributed by atoms with Crippen molar-refractivity contribution < 1.29 is 33.9 Å². The van der Waals surface area contributed by atoms with E-state index in [4.69, 9.17) is 22.3 Å². The number of nitrogens with one attached hydrogen (secondary N) is 3. The van der Waals surface area contributed by atoms with Gasteiger partial charge >= 0.3 is 5.97 Å². The van der Waals surface area contributed by atoms with E-state index < -0.39 is 72.0 Å². The molecule has 13 heteroatoms. The van der Waals surface area contributed by atoms with Gasteiger partial charge < -0.3 is 38.3 Å². The van der Waals surface area contributed by atoms with Crippen LogP contribution in [-0.4, -0.2) is 64.8 Å². The van der Waals surface area contributed by atoms with Gasteiger partial charge in [0.15, 0.2) is 0 Å². The van der Waals surface area contributed by atoms with Gasteiger partial charge in [0, 0.05) is 6.42 Å². The Labute approximate surface area is 173 Å². The SMILES string of the molecule is CC(N)C(=O)NC(CCC(N)=O)C(=O)NC(C(=O)NC(CC(N)=O)C(=O)O)C(C)C. The maximum atomic E-state index is 12.6. The van der Waals surface area contributed by atoms with E-state index in [9.17, 15) is 28.8 Å². The molecule has 0 aliphatic rings. The predicted octanol–water partition coefficient (Wildman–Crippen LogP) is -3.33. The van der Waals surface area contributed by atoms with Gasteiger partial charge in [-0.3, -0.25) is 24.0 Å². The summed E-state index contributed by atoms with van der Waals surface area (Å²) in [6.45, 7) is 4.58. The smallest absolute Gasteiger partial charge is 0.326 e. The minimum Gasteiger partial charge on any atom is -0.480 e. The zero-order chi connectivity index (χ0) is 23.6. The summed E-state index contributed by atoms with van der Waals surface area (Å²) in [6.07, 6.45) is -0.980. The highest BCUT2D eigenvalue weighted by atomic mass is 16.4. The first-order valence-electron chi connectivity index (χ1n) is 9.22. The highest BCUT2D eigenvalue weighted by Crippen LogP contribution is 2.06. The molecule has 0 rings (SSSR count). The number of carbonyl (C=O) groups excluding carboxylic acids is 5. The fourth-order valence-corrected chi connectivity index (χ4v) is 2.31. The van der Waals surface area contributed by atoms with Gasteiger partial charge in [-0.15, -0.1) is 0 Å². The molecule has 0 saturated carbocycles. The molecule has 0 radical (unpaired) electrons. The molecular weight excluding hydrogens is 400 g/mol. The first kappa shape index (κ1) is 26.8. The van der Waals surface area contributed by atoms with E-state index in [2.05, 4.69) is 16.0 Å². The third-order valence-electron chi connectivity index (χ3n) is 3.99. The molecule has 13 nitrogen and oxygen atoms in total. The first-order valence-corrected chi connectivity index (χ1v) is 9.22. The zero-order valence-electron chi connectivity index (χ0n) is 17.1. The number of rotatable bonds is 13. The Hall–Kier alpha value is -3.22. The molecule has 0 heterocycles. The lowest BCUT2D eigenvalue weighted by Crippen LogP contribution is -2.58. The van der Waals surface area contributed by atoms with Crippen LogP contribution in [0.15, 0.2) is 0 Å². The third-order valence-corrected chi connectivity index (χ3v) is 3.99. The van der Waals surface area contributed by atoms with Crippen molar-refractivity contribution in [1.29, 1.82) is 0 Å². The largest absolute Gasteiger partial charge is 0.480 e. The van der Waals surface area contributed by atoms with E-state index in [1.807, 2.05) is 0 Å². The molecule has 4 atom stereocenters. The highest BCUT2D eigenvalue weighted by molar-refractivity contribution is 5.95. The second kappa shape index (κ2) is 12.4. The lowest BCUT2D eigenvalue weighted by atomic mass is 10.0. The Morgan fingerprint density at radius 3 is 1.73 bits per heavy atom. The van der Waals surface area contributed by atoms with Gasteiger partial charge in [-0.1, -0.05) is 13.8 Å². The molecule has 0 fully saturated rings. The van der Waals surface area contributed by atoms with Crippen LogP contribution in [0, 0.1) is 5.92 Å². The van der Waals surface area contributed by atoms with Crippen LogP contribution in [0.1, 0.15) is 40.0 Å². The Balaban J connectivity index is 5.40. The molecule has 0 aliphatic heterocycles. The summed E-state index contributed by atoms with van der Waals surface area (Å²) in [5, 5.41) is 16.1. The summed E-state index contributed by atoms with van der Waals surface area (Å²) in [6, 6.07) is -4.90. The number of hydrogen-bond donors (Lipinski definition) is 7. The van der Waals surface area contributed by atoms with E-state index in [1.165, 1.54) is 6.92 Å². The highest BCUT2D eigenvalue weighted by Gasteiger charge is 2.32. The Bertz CT molecular complexity index is 680. The van der Waals surface area contributed by atoms with Crippen LogP contribution in [0.25, 0.3) is 0 Å². The van der Waals surface area contributed by atoms with Crippen molar-refractivity contribution in [1.82, 2.24) is 16.0 Å². The second-order valence-corrected chi connectivity index (χ2v) is 7.15. The standard InChI is InChI=1S/C17H30N6O7/c1-7(2)13(16(28)22-10(17(29)30)6-12(20)25)23-15(27)9(4-5-11(19)24)21-14(26)8(3)18/h7-10,13H,4-6,18H2,1-3H3,(H2,19,24)(H2,20,25)(H,21,26)(H,22,28)(H,23,27)(H,29,30). The van der Waals surface area contributed by atoms with Crippen LogP contribution in [0.2, 0.25) is 0 Å². The summed E-state index contributed by atoms with van der Waals surface area (Å²) >= 11 is 0. The molecule has 0 aromatic carbocycles. The van der Waals surface area contributed by atoms with Crippen molar-refractivity contribution in [2.24, 2.45) is 23.1 Å². The van der Waals surface area contributed by atoms with Gasteiger partial charge in [-0.25, -0.2) is 4.79 Å². The van der Waals surface area contributed by atoms with Crippen molar-refractivity contribution in [2.75, 3.05) is 0 Å². The fourth-order valence-electron chi connectivity index (χ4n) is 2.31. The van der Waals surface area contributed by atoms with Crippen LogP contribution in [0.3, 0.4) is 0 Å². The second-order valence-electron chi connectivity index (χ2n) is 7.15. The molecule has 170 valence electrons. The lowest BCUT2D eigenvalue weighted by molar-refractivity contribution is -0.144. The number of nitrogens with two attached hydrogens (primary N) is 3. The molecule has 0 bridgehead atoms.